The molecule has 0 aliphatic heterocycles. The van der Waals surface area contributed by atoms with Crippen LogP contribution in [0.2, 0.25) is 0 Å². The Morgan fingerprint density at radius 1 is 1.37 bits per heavy atom. The molecule has 0 aromatic heterocycles. The molecule has 19 heavy (non-hydrogen) atoms. The normalized spacial score (nSPS) is 23.1. The third-order valence-corrected chi connectivity index (χ3v) is 4.27. The summed E-state index contributed by atoms with van der Waals surface area (Å²) < 4.78 is 0.866. The van der Waals surface area contributed by atoms with Crippen molar-refractivity contribution < 1.29 is 4.92 Å². The fraction of sp³-hybridized carbons (Fsp3) is 0.538. The van der Waals surface area contributed by atoms with Crippen LogP contribution in [0.25, 0.3) is 0 Å². The lowest BCUT2D eigenvalue weighted by atomic mass is 9.91. The molecular formula is C13H18BrN3O2. The average Bonchev–Trinajstić information content (AvgIpc) is 2.34. The van der Waals surface area contributed by atoms with Crippen LogP contribution in [-0.2, 0) is 0 Å². The van der Waals surface area contributed by atoms with Gasteiger partial charge in [0, 0.05) is 28.2 Å². The van der Waals surface area contributed by atoms with E-state index in [9.17, 15) is 10.1 Å². The van der Waals surface area contributed by atoms with Gasteiger partial charge in [-0.05, 0) is 54.6 Å². The van der Waals surface area contributed by atoms with Crippen LogP contribution in [0.4, 0.5) is 11.4 Å². The molecule has 1 aliphatic carbocycles. The molecule has 0 atom stereocenters. The summed E-state index contributed by atoms with van der Waals surface area (Å²) in [5.41, 5.74) is 7.48. The minimum atomic E-state index is -0.344. The summed E-state index contributed by atoms with van der Waals surface area (Å²) in [6.07, 6.45) is 4.02. The van der Waals surface area contributed by atoms with Gasteiger partial charge in [-0.25, -0.2) is 0 Å². The molecule has 0 amide bonds. The zero-order chi connectivity index (χ0) is 14.0. The number of nitro benzene ring substituents is 1. The van der Waals surface area contributed by atoms with Gasteiger partial charge in [-0.3, -0.25) is 10.1 Å². The molecule has 1 saturated carbocycles. The minimum absolute atomic E-state index is 0.151. The summed E-state index contributed by atoms with van der Waals surface area (Å²) in [5, 5.41) is 14.4. The molecular weight excluding hydrogens is 310 g/mol. The zero-order valence-electron chi connectivity index (χ0n) is 10.9. The highest BCUT2D eigenvalue weighted by Crippen LogP contribution is 2.32. The van der Waals surface area contributed by atoms with Crippen LogP contribution in [0.15, 0.2) is 16.6 Å². The first-order valence-electron chi connectivity index (χ1n) is 6.44. The number of hydrogen-bond acceptors (Lipinski definition) is 4. The smallest absolute Gasteiger partial charge is 0.274 e. The fourth-order valence-corrected chi connectivity index (χ4v) is 3.02. The predicted molar refractivity (Wildman–Crippen MR) is 79.4 cm³/mol. The van der Waals surface area contributed by atoms with E-state index in [4.69, 9.17) is 5.73 Å². The van der Waals surface area contributed by atoms with E-state index < -0.39 is 0 Å². The summed E-state index contributed by atoms with van der Waals surface area (Å²) >= 11 is 3.46. The maximum absolute atomic E-state index is 11.0. The first kappa shape index (κ1) is 14.3. The van der Waals surface area contributed by atoms with Crippen LogP contribution in [0.5, 0.6) is 0 Å². The largest absolute Gasteiger partial charge is 0.381 e. The highest BCUT2D eigenvalue weighted by Gasteiger charge is 2.20. The second-order valence-corrected chi connectivity index (χ2v) is 5.99. The monoisotopic (exact) mass is 327 g/mol. The highest BCUT2D eigenvalue weighted by atomic mass is 79.9. The molecule has 1 aliphatic rings. The molecule has 0 bridgehead atoms. The summed E-state index contributed by atoms with van der Waals surface area (Å²) in [5.74, 6) is 0. The van der Waals surface area contributed by atoms with E-state index in [1.165, 1.54) is 0 Å². The van der Waals surface area contributed by atoms with Gasteiger partial charge in [-0.1, -0.05) is 0 Å². The molecule has 0 unspecified atom stereocenters. The van der Waals surface area contributed by atoms with Gasteiger partial charge in [0.2, 0.25) is 0 Å². The number of nitrogens with two attached hydrogens (primary N) is 1. The summed E-state index contributed by atoms with van der Waals surface area (Å²) in [4.78, 5) is 10.6. The Kier molecular flexibility index (Phi) is 4.42. The van der Waals surface area contributed by atoms with Crippen molar-refractivity contribution in [2.24, 2.45) is 5.73 Å². The molecule has 0 radical (unpaired) electrons. The number of hydrogen-bond donors (Lipinski definition) is 2. The quantitative estimate of drug-likeness (QED) is 0.658. The lowest BCUT2D eigenvalue weighted by Crippen LogP contribution is -2.32. The van der Waals surface area contributed by atoms with Gasteiger partial charge in [0.05, 0.1) is 10.6 Å². The van der Waals surface area contributed by atoms with Crippen molar-refractivity contribution in [3.63, 3.8) is 0 Å². The second-order valence-electron chi connectivity index (χ2n) is 5.13. The van der Waals surface area contributed by atoms with Crippen molar-refractivity contribution in [1.82, 2.24) is 0 Å². The van der Waals surface area contributed by atoms with Crippen molar-refractivity contribution in [3.05, 3.63) is 32.3 Å². The molecule has 0 saturated heterocycles. The van der Waals surface area contributed by atoms with Gasteiger partial charge in [-0.15, -0.1) is 0 Å². The SMILES string of the molecule is Cc1cc(Br)c(NC2CCC(N)CC2)cc1[N+](=O)[O-]. The fourth-order valence-electron chi connectivity index (χ4n) is 2.45. The first-order valence-corrected chi connectivity index (χ1v) is 7.23. The number of anilines is 1. The molecule has 6 heteroatoms. The van der Waals surface area contributed by atoms with E-state index in [1.807, 2.05) is 0 Å². The van der Waals surface area contributed by atoms with Gasteiger partial charge < -0.3 is 11.1 Å². The van der Waals surface area contributed by atoms with Crippen molar-refractivity contribution in [3.8, 4) is 0 Å². The maximum Gasteiger partial charge on any atom is 0.274 e. The third kappa shape index (κ3) is 3.45. The van der Waals surface area contributed by atoms with E-state index in [0.29, 0.717) is 17.6 Å². The number of nitrogens with one attached hydrogen (secondary N) is 1. The van der Waals surface area contributed by atoms with Crippen molar-refractivity contribution >= 4 is 27.3 Å². The Labute approximate surface area is 120 Å². The number of nitro groups is 1. The van der Waals surface area contributed by atoms with E-state index in [0.717, 1.165) is 35.8 Å². The molecule has 0 spiro atoms. The van der Waals surface area contributed by atoms with Crippen LogP contribution in [0.3, 0.4) is 0 Å². The van der Waals surface area contributed by atoms with Gasteiger partial charge in [-0.2, -0.15) is 0 Å². The molecule has 3 N–H and O–H groups in total. The number of aryl methyl sites for hydroxylation is 1. The number of rotatable bonds is 3. The average molecular weight is 328 g/mol. The Morgan fingerprint density at radius 2 is 2.00 bits per heavy atom. The molecule has 1 fully saturated rings. The summed E-state index contributed by atoms with van der Waals surface area (Å²) in [6, 6.07) is 4.04. The van der Waals surface area contributed by atoms with E-state index in [1.54, 1.807) is 19.1 Å². The maximum atomic E-state index is 11.0. The lowest BCUT2D eigenvalue weighted by Gasteiger charge is -2.28. The second kappa shape index (κ2) is 5.88. The molecule has 2 rings (SSSR count). The van der Waals surface area contributed by atoms with E-state index >= 15 is 0 Å². The standard InChI is InChI=1S/C13H18BrN3O2/c1-8-6-11(14)12(7-13(8)17(18)19)16-10-4-2-9(15)3-5-10/h6-7,9-10,16H,2-5,15H2,1H3. The topological polar surface area (TPSA) is 81.2 Å². The highest BCUT2D eigenvalue weighted by molar-refractivity contribution is 9.10. The number of nitrogens with zero attached hydrogens (tertiary/aromatic N) is 1. The predicted octanol–water partition coefficient (Wildman–Crippen LogP) is 3.35. The van der Waals surface area contributed by atoms with E-state index in [2.05, 4.69) is 21.2 Å². The lowest BCUT2D eigenvalue weighted by molar-refractivity contribution is -0.385. The van der Waals surface area contributed by atoms with Crippen LogP contribution < -0.4 is 11.1 Å². The van der Waals surface area contributed by atoms with E-state index in [-0.39, 0.29) is 10.6 Å². The number of benzene rings is 1. The van der Waals surface area contributed by atoms with Gasteiger partial charge in [0.1, 0.15) is 0 Å². The Morgan fingerprint density at radius 3 is 2.58 bits per heavy atom. The third-order valence-electron chi connectivity index (χ3n) is 3.61. The van der Waals surface area contributed by atoms with Crippen LogP contribution in [0, 0.1) is 17.0 Å². The molecule has 5 nitrogen and oxygen atoms in total. The minimum Gasteiger partial charge on any atom is -0.381 e. The molecule has 0 heterocycles. The van der Waals surface area contributed by atoms with Crippen molar-refractivity contribution in [2.45, 2.75) is 44.7 Å². The van der Waals surface area contributed by atoms with Gasteiger partial charge in [0.15, 0.2) is 0 Å². The summed E-state index contributed by atoms with van der Waals surface area (Å²) in [6.45, 7) is 1.74. The number of halogens is 1. The molecule has 104 valence electrons. The summed E-state index contributed by atoms with van der Waals surface area (Å²) in [7, 11) is 0. The van der Waals surface area contributed by atoms with Crippen LogP contribution in [-0.4, -0.2) is 17.0 Å². The molecule has 1 aromatic rings. The molecule has 1 aromatic carbocycles. The zero-order valence-corrected chi connectivity index (χ0v) is 12.4. The van der Waals surface area contributed by atoms with Crippen LogP contribution in [0.1, 0.15) is 31.2 Å². The van der Waals surface area contributed by atoms with Crippen molar-refractivity contribution in [2.75, 3.05) is 5.32 Å². The first-order chi connectivity index (χ1) is 8.97. The Hall–Kier alpha value is -1.14. The van der Waals surface area contributed by atoms with Gasteiger partial charge in [0.25, 0.3) is 5.69 Å². The van der Waals surface area contributed by atoms with Crippen LogP contribution >= 0.6 is 15.9 Å². The Balaban J connectivity index is 2.15. The van der Waals surface area contributed by atoms with Gasteiger partial charge >= 0.3 is 0 Å². The Bertz CT molecular complexity index is 485. The van der Waals surface area contributed by atoms with Crippen molar-refractivity contribution in [1.29, 1.82) is 0 Å².